The Hall–Kier alpha value is -2.55. The van der Waals surface area contributed by atoms with Gasteiger partial charge in [-0.2, -0.15) is 13.2 Å². The number of benzene rings is 2. The zero-order valence-corrected chi connectivity index (χ0v) is 13.2. The molecule has 0 aliphatic heterocycles. The van der Waals surface area contributed by atoms with Crippen molar-refractivity contribution < 1.29 is 26.4 Å². The maximum absolute atomic E-state index is 12.7. The first kappa shape index (κ1) is 17.8. The van der Waals surface area contributed by atoms with Gasteiger partial charge in [-0.25, -0.2) is 8.42 Å². The highest BCUT2D eigenvalue weighted by atomic mass is 32.2. The van der Waals surface area contributed by atoms with Crippen LogP contribution in [0.15, 0.2) is 48.5 Å². The summed E-state index contributed by atoms with van der Waals surface area (Å²) < 4.78 is 62.4. The third-order valence-electron chi connectivity index (χ3n) is 2.90. The Morgan fingerprint density at radius 2 is 1.58 bits per heavy atom. The number of nitrogens with one attached hydrogen (secondary N) is 2. The van der Waals surface area contributed by atoms with Crippen molar-refractivity contribution in [3.8, 4) is 0 Å². The number of anilines is 2. The van der Waals surface area contributed by atoms with E-state index in [-0.39, 0.29) is 5.56 Å². The monoisotopic (exact) mass is 358 g/mol. The maximum Gasteiger partial charge on any atom is 0.416 e. The van der Waals surface area contributed by atoms with Crippen LogP contribution in [0.25, 0.3) is 0 Å². The van der Waals surface area contributed by atoms with E-state index in [9.17, 15) is 26.4 Å². The second kappa shape index (κ2) is 6.52. The zero-order chi connectivity index (χ0) is 18.0. The number of carbonyl (C=O) groups excluding carboxylic acids is 1. The molecule has 24 heavy (non-hydrogen) atoms. The fraction of sp³-hybridized carbons (Fsp3) is 0.133. The lowest BCUT2D eigenvalue weighted by atomic mass is 10.1. The van der Waals surface area contributed by atoms with Gasteiger partial charge < -0.3 is 5.32 Å². The highest BCUT2D eigenvalue weighted by Crippen LogP contribution is 2.29. The van der Waals surface area contributed by atoms with Crippen molar-refractivity contribution in [2.45, 2.75) is 6.18 Å². The van der Waals surface area contributed by atoms with Gasteiger partial charge in [0.2, 0.25) is 10.0 Å². The number of carbonyl (C=O) groups is 1. The number of alkyl halides is 3. The average molecular weight is 358 g/mol. The van der Waals surface area contributed by atoms with Crippen LogP contribution in [0.1, 0.15) is 15.9 Å². The molecule has 9 heteroatoms. The van der Waals surface area contributed by atoms with Gasteiger partial charge in [-0.3, -0.25) is 9.52 Å². The minimum atomic E-state index is -4.53. The lowest BCUT2D eigenvalue weighted by molar-refractivity contribution is -0.137. The zero-order valence-electron chi connectivity index (χ0n) is 12.4. The van der Waals surface area contributed by atoms with Crippen LogP contribution in [0.2, 0.25) is 0 Å². The first-order chi connectivity index (χ1) is 11.0. The van der Waals surface area contributed by atoms with Crippen molar-refractivity contribution in [3.63, 3.8) is 0 Å². The summed E-state index contributed by atoms with van der Waals surface area (Å²) >= 11 is 0. The first-order valence-electron chi connectivity index (χ1n) is 6.61. The van der Waals surface area contributed by atoms with Crippen LogP contribution < -0.4 is 10.0 Å². The molecule has 0 fully saturated rings. The van der Waals surface area contributed by atoms with Crippen LogP contribution in [-0.2, 0) is 16.2 Å². The Balaban J connectivity index is 2.12. The van der Waals surface area contributed by atoms with E-state index >= 15 is 0 Å². The molecule has 0 unspecified atom stereocenters. The molecule has 0 aromatic heterocycles. The standard InChI is InChI=1S/C15H13F3N2O3S/c1-24(22,23)20-13-7-5-12(6-8-13)19-14(21)10-3-2-4-11(9-10)15(16,17)18/h2-9,20H,1H3,(H,19,21). The Morgan fingerprint density at radius 3 is 2.12 bits per heavy atom. The van der Waals surface area contributed by atoms with E-state index in [0.717, 1.165) is 24.5 Å². The van der Waals surface area contributed by atoms with Crippen molar-refractivity contribution in [2.75, 3.05) is 16.3 Å². The Bertz CT molecular complexity index is 847. The Kier molecular flexibility index (Phi) is 4.83. The van der Waals surface area contributed by atoms with E-state index in [0.29, 0.717) is 11.4 Å². The molecule has 1 amide bonds. The third-order valence-corrected chi connectivity index (χ3v) is 3.50. The second-order valence-corrected chi connectivity index (χ2v) is 6.73. The molecule has 2 aromatic rings. The van der Waals surface area contributed by atoms with Gasteiger partial charge in [0.25, 0.3) is 5.91 Å². The molecule has 0 aliphatic carbocycles. The van der Waals surface area contributed by atoms with Gasteiger partial charge in [0.15, 0.2) is 0 Å². The summed E-state index contributed by atoms with van der Waals surface area (Å²) in [6, 6.07) is 9.75. The largest absolute Gasteiger partial charge is 0.416 e. The van der Waals surface area contributed by atoms with Gasteiger partial charge in [0.05, 0.1) is 11.8 Å². The van der Waals surface area contributed by atoms with Crippen LogP contribution in [0, 0.1) is 0 Å². The average Bonchev–Trinajstić information content (AvgIpc) is 2.47. The molecule has 0 atom stereocenters. The number of halogens is 3. The molecule has 0 saturated heterocycles. The quantitative estimate of drug-likeness (QED) is 0.880. The van der Waals surface area contributed by atoms with Crippen molar-refractivity contribution in [2.24, 2.45) is 0 Å². The first-order valence-corrected chi connectivity index (χ1v) is 8.50. The van der Waals surface area contributed by atoms with E-state index in [1.54, 1.807) is 0 Å². The van der Waals surface area contributed by atoms with E-state index in [2.05, 4.69) is 10.0 Å². The van der Waals surface area contributed by atoms with Crippen LogP contribution in [0.3, 0.4) is 0 Å². The molecule has 0 heterocycles. The second-order valence-electron chi connectivity index (χ2n) is 4.98. The third kappa shape index (κ3) is 4.98. The number of sulfonamides is 1. The topological polar surface area (TPSA) is 75.3 Å². The van der Waals surface area contributed by atoms with Crippen molar-refractivity contribution in [3.05, 3.63) is 59.7 Å². The predicted molar refractivity (Wildman–Crippen MR) is 84.3 cm³/mol. The minimum absolute atomic E-state index is 0.136. The van der Waals surface area contributed by atoms with Crippen molar-refractivity contribution in [1.29, 1.82) is 0 Å². The predicted octanol–water partition coefficient (Wildman–Crippen LogP) is 3.33. The molecule has 0 radical (unpaired) electrons. The summed E-state index contributed by atoms with van der Waals surface area (Å²) in [5.74, 6) is -0.704. The normalized spacial score (nSPS) is 11.8. The van der Waals surface area contributed by atoms with Crippen molar-refractivity contribution >= 4 is 27.3 Å². The SMILES string of the molecule is CS(=O)(=O)Nc1ccc(NC(=O)c2cccc(C(F)(F)F)c2)cc1. The molecular weight excluding hydrogens is 345 g/mol. The molecule has 2 rings (SSSR count). The van der Waals surface area contributed by atoms with Gasteiger partial charge >= 0.3 is 6.18 Å². The number of hydrogen-bond donors (Lipinski definition) is 2. The maximum atomic E-state index is 12.7. The summed E-state index contributed by atoms with van der Waals surface area (Å²) in [4.78, 5) is 12.0. The van der Waals surface area contributed by atoms with Gasteiger partial charge in [-0.1, -0.05) is 6.07 Å². The van der Waals surface area contributed by atoms with E-state index in [4.69, 9.17) is 0 Å². The fourth-order valence-corrected chi connectivity index (χ4v) is 2.44. The molecule has 0 aliphatic rings. The molecule has 2 aromatic carbocycles. The number of amides is 1. The molecular formula is C15H13F3N2O3S. The lowest BCUT2D eigenvalue weighted by Crippen LogP contribution is -2.14. The van der Waals surface area contributed by atoms with Crippen LogP contribution in [0.4, 0.5) is 24.5 Å². The fourth-order valence-electron chi connectivity index (χ4n) is 1.88. The van der Waals surface area contributed by atoms with Crippen molar-refractivity contribution in [1.82, 2.24) is 0 Å². The summed E-state index contributed by atoms with van der Waals surface area (Å²) in [6.07, 6.45) is -3.54. The van der Waals surface area contributed by atoms with Crippen LogP contribution >= 0.6 is 0 Å². The molecule has 0 bridgehead atoms. The van der Waals surface area contributed by atoms with E-state index in [1.165, 1.54) is 30.3 Å². The van der Waals surface area contributed by atoms with Crippen LogP contribution in [-0.4, -0.2) is 20.6 Å². The number of hydrogen-bond acceptors (Lipinski definition) is 3. The molecule has 5 nitrogen and oxygen atoms in total. The van der Waals surface area contributed by atoms with E-state index < -0.39 is 27.7 Å². The summed E-state index contributed by atoms with van der Waals surface area (Å²) in [5.41, 5.74) is -0.433. The highest BCUT2D eigenvalue weighted by Gasteiger charge is 2.30. The molecule has 2 N–H and O–H groups in total. The Morgan fingerprint density at radius 1 is 1.00 bits per heavy atom. The Labute approximate surface area is 136 Å². The summed E-state index contributed by atoms with van der Waals surface area (Å²) in [7, 11) is -3.42. The van der Waals surface area contributed by atoms with Gasteiger partial charge in [-0.05, 0) is 42.5 Å². The van der Waals surface area contributed by atoms with E-state index in [1.807, 2.05) is 0 Å². The number of rotatable bonds is 4. The minimum Gasteiger partial charge on any atom is -0.322 e. The molecule has 0 saturated carbocycles. The highest BCUT2D eigenvalue weighted by molar-refractivity contribution is 7.92. The van der Waals surface area contributed by atoms with Gasteiger partial charge in [0.1, 0.15) is 0 Å². The summed E-state index contributed by atoms with van der Waals surface area (Å²) in [6.45, 7) is 0. The lowest BCUT2D eigenvalue weighted by Gasteiger charge is -2.10. The smallest absolute Gasteiger partial charge is 0.322 e. The summed E-state index contributed by atoms with van der Waals surface area (Å²) in [5, 5.41) is 2.44. The van der Waals surface area contributed by atoms with Crippen LogP contribution in [0.5, 0.6) is 0 Å². The van der Waals surface area contributed by atoms with Gasteiger partial charge in [0, 0.05) is 16.9 Å². The molecule has 0 spiro atoms. The molecule has 128 valence electrons. The van der Waals surface area contributed by atoms with Gasteiger partial charge in [-0.15, -0.1) is 0 Å².